The lowest BCUT2D eigenvalue weighted by Crippen LogP contribution is -2.17. The third-order valence-corrected chi connectivity index (χ3v) is 7.77. The molecule has 1 amide bonds. The Morgan fingerprint density at radius 2 is 1.68 bits per heavy atom. The van der Waals surface area contributed by atoms with Gasteiger partial charge in [-0.1, -0.05) is 18.2 Å². The largest absolute Gasteiger partial charge is 0.355 e. The van der Waals surface area contributed by atoms with Gasteiger partial charge < -0.3 is 9.88 Å². The Hall–Kier alpha value is -3.65. The Morgan fingerprint density at radius 3 is 2.41 bits per heavy atom. The number of aryl methyl sites for hydroxylation is 3. The summed E-state index contributed by atoms with van der Waals surface area (Å²) < 4.78 is 30.8. The fraction of sp³-hybridized carbons (Fsp3) is 0.231. The summed E-state index contributed by atoms with van der Waals surface area (Å²) in [6.07, 6.45) is 4.18. The second-order valence-corrected chi connectivity index (χ2v) is 10.3. The lowest BCUT2D eigenvalue weighted by molar-refractivity contribution is 0.0963. The van der Waals surface area contributed by atoms with Crippen molar-refractivity contribution < 1.29 is 13.2 Å². The number of nitrogens with zero attached hydrogens (tertiary/aromatic N) is 2. The molecule has 0 radical (unpaired) electrons. The molecule has 2 N–H and O–H groups in total. The SMILES string of the molecule is CNC(=O)c1ccc(-c2nc3cc(NS(=O)(=O)c4ccc5c(c4)CCCC5)ccc3n2C)cc1. The standard InChI is InChI=1S/C26H26N4O3S/c1-27-26(31)19-9-7-18(8-10-19)25-28-23-16-21(12-14-24(23)30(25)2)29-34(32,33)22-13-11-17-5-3-4-6-20(17)15-22/h7-16,29H,3-6H2,1-2H3,(H,27,31). The molecule has 0 saturated carbocycles. The summed E-state index contributed by atoms with van der Waals surface area (Å²) in [5, 5.41) is 2.61. The molecule has 0 unspecified atom stereocenters. The summed E-state index contributed by atoms with van der Waals surface area (Å²) in [5.74, 6) is 0.584. The Labute approximate surface area is 198 Å². The lowest BCUT2D eigenvalue weighted by Gasteiger charge is -2.17. The summed E-state index contributed by atoms with van der Waals surface area (Å²) in [5.41, 5.74) is 5.83. The van der Waals surface area contributed by atoms with Crippen molar-refractivity contribution in [2.45, 2.75) is 30.6 Å². The summed E-state index contributed by atoms with van der Waals surface area (Å²) in [6.45, 7) is 0. The number of sulfonamides is 1. The van der Waals surface area contributed by atoms with E-state index in [-0.39, 0.29) is 10.8 Å². The van der Waals surface area contributed by atoms with E-state index in [1.165, 1.54) is 5.56 Å². The van der Waals surface area contributed by atoms with Crippen LogP contribution in [0, 0.1) is 0 Å². The number of anilines is 1. The van der Waals surface area contributed by atoms with Gasteiger partial charge in [0.25, 0.3) is 15.9 Å². The Balaban J connectivity index is 1.44. The van der Waals surface area contributed by atoms with Crippen LogP contribution in [0.15, 0.2) is 65.6 Å². The van der Waals surface area contributed by atoms with Crippen molar-refractivity contribution in [3.8, 4) is 11.4 Å². The molecule has 0 aliphatic heterocycles. The van der Waals surface area contributed by atoms with E-state index in [1.54, 1.807) is 43.4 Å². The zero-order valence-electron chi connectivity index (χ0n) is 19.1. The number of carbonyl (C=O) groups excluding carboxylic acids is 1. The maximum absolute atomic E-state index is 13.1. The van der Waals surface area contributed by atoms with Crippen LogP contribution >= 0.6 is 0 Å². The van der Waals surface area contributed by atoms with Gasteiger partial charge in [-0.2, -0.15) is 0 Å². The third kappa shape index (κ3) is 4.05. The molecule has 1 aliphatic rings. The lowest BCUT2D eigenvalue weighted by atomic mass is 9.92. The van der Waals surface area contributed by atoms with Crippen LogP contribution in [-0.2, 0) is 29.9 Å². The smallest absolute Gasteiger partial charge is 0.261 e. The van der Waals surface area contributed by atoms with Crippen molar-refractivity contribution in [3.05, 3.63) is 77.4 Å². The van der Waals surface area contributed by atoms with E-state index in [0.29, 0.717) is 16.8 Å². The van der Waals surface area contributed by atoms with Gasteiger partial charge in [0.05, 0.1) is 21.6 Å². The number of amides is 1. The molecule has 0 saturated heterocycles. The van der Waals surface area contributed by atoms with Gasteiger partial charge in [0.15, 0.2) is 0 Å². The number of rotatable bonds is 5. The number of imidazole rings is 1. The van der Waals surface area contributed by atoms with Crippen LogP contribution in [0.5, 0.6) is 0 Å². The highest BCUT2D eigenvalue weighted by molar-refractivity contribution is 7.92. The molecule has 0 bridgehead atoms. The highest BCUT2D eigenvalue weighted by Crippen LogP contribution is 2.28. The van der Waals surface area contributed by atoms with E-state index in [9.17, 15) is 13.2 Å². The number of aromatic nitrogens is 2. The van der Waals surface area contributed by atoms with Crippen molar-refractivity contribution in [2.24, 2.45) is 7.05 Å². The Kier molecular flexibility index (Phi) is 5.61. The molecule has 1 aliphatic carbocycles. The van der Waals surface area contributed by atoms with Crippen LogP contribution < -0.4 is 10.0 Å². The zero-order chi connectivity index (χ0) is 23.9. The van der Waals surface area contributed by atoms with Crippen molar-refractivity contribution in [3.63, 3.8) is 0 Å². The van der Waals surface area contributed by atoms with Gasteiger partial charge >= 0.3 is 0 Å². The van der Waals surface area contributed by atoms with Crippen molar-refractivity contribution in [1.29, 1.82) is 0 Å². The quantitative estimate of drug-likeness (QED) is 0.452. The Morgan fingerprint density at radius 1 is 0.941 bits per heavy atom. The summed E-state index contributed by atoms with van der Waals surface area (Å²) in [6, 6.07) is 18.0. The van der Waals surface area contributed by atoms with Crippen LogP contribution in [0.2, 0.25) is 0 Å². The zero-order valence-corrected chi connectivity index (χ0v) is 19.9. The molecule has 4 aromatic rings. The summed E-state index contributed by atoms with van der Waals surface area (Å²) in [7, 11) is -0.201. The molecule has 7 nitrogen and oxygen atoms in total. The number of hydrogen-bond donors (Lipinski definition) is 2. The first-order valence-corrected chi connectivity index (χ1v) is 12.8. The van der Waals surface area contributed by atoms with Crippen LogP contribution in [0.4, 0.5) is 5.69 Å². The highest BCUT2D eigenvalue weighted by atomic mass is 32.2. The van der Waals surface area contributed by atoms with Crippen molar-refractivity contribution in [2.75, 3.05) is 11.8 Å². The molecule has 34 heavy (non-hydrogen) atoms. The minimum atomic E-state index is -3.71. The van der Waals surface area contributed by atoms with Gasteiger partial charge in [-0.05, 0) is 79.3 Å². The second kappa shape index (κ2) is 8.61. The average molecular weight is 475 g/mol. The maximum atomic E-state index is 13.1. The van der Waals surface area contributed by atoms with Crippen molar-refractivity contribution >= 4 is 32.7 Å². The number of hydrogen-bond acceptors (Lipinski definition) is 4. The molecule has 8 heteroatoms. The first kappa shape index (κ1) is 22.2. The minimum Gasteiger partial charge on any atom is -0.355 e. The highest BCUT2D eigenvalue weighted by Gasteiger charge is 2.19. The van der Waals surface area contributed by atoms with Gasteiger partial charge in [-0.3, -0.25) is 9.52 Å². The van der Waals surface area contributed by atoms with Crippen LogP contribution in [0.25, 0.3) is 22.4 Å². The molecule has 0 atom stereocenters. The minimum absolute atomic E-state index is 0.146. The van der Waals surface area contributed by atoms with Gasteiger partial charge in [0.1, 0.15) is 5.82 Å². The third-order valence-electron chi connectivity index (χ3n) is 6.40. The van der Waals surface area contributed by atoms with Gasteiger partial charge in [-0.25, -0.2) is 13.4 Å². The molecule has 3 aromatic carbocycles. The van der Waals surface area contributed by atoms with E-state index < -0.39 is 10.0 Å². The molecule has 174 valence electrons. The molecule has 0 fully saturated rings. The maximum Gasteiger partial charge on any atom is 0.261 e. The summed E-state index contributed by atoms with van der Waals surface area (Å²) in [4.78, 5) is 16.8. The first-order valence-electron chi connectivity index (χ1n) is 11.3. The van der Waals surface area contributed by atoms with Crippen LogP contribution in [-0.4, -0.2) is 30.9 Å². The predicted octanol–water partition coefficient (Wildman–Crippen LogP) is 4.28. The van der Waals surface area contributed by atoms with E-state index in [0.717, 1.165) is 48.2 Å². The Bertz CT molecular complexity index is 1510. The average Bonchev–Trinajstić information content (AvgIpc) is 3.18. The van der Waals surface area contributed by atoms with E-state index in [4.69, 9.17) is 4.98 Å². The molecule has 1 heterocycles. The van der Waals surface area contributed by atoms with Gasteiger partial charge in [-0.15, -0.1) is 0 Å². The van der Waals surface area contributed by atoms with E-state index in [1.807, 2.05) is 35.9 Å². The number of benzene rings is 3. The van der Waals surface area contributed by atoms with Crippen molar-refractivity contribution in [1.82, 2.24) is 14.9 Å². The summed E-state index contributed by atoms with van der Waals surface area (Å²) >= 11 is 0. The van der Waals surface area contributed by atoms with E-state index in [2.05, 4.69) is 10.0 Å². The fourth-order valence-electron chi connectivity index (χ4n) is 4.53. The predicted molar refractivity (Wildman–Crippen MR) is 133 cm³/mol. The van der Waals surface area contributed by atoms with Crippen LogP contribution in [0.1, 0.15) is 34.3 Å². The molecular formula is C26H26N4O3S. The van der Waals surface area contributed by atoms with Crippen LogP contribution in [0.3, 0.4) is 0 Å². The molecule has 1 aromatic heterocycles. The second-order valence-electron chi connectivity index (χ2n) is 8.60. The first-order chi connectivity index (χ1) is 16.4. The van der Waals surface area contributed by atoms with Gasteiger partial charge in [0, 0.05) is 25.2 Å². The monoisotopic (exact) mass is 474 g/mol. The topological polar surface area (TPSA) is 93.1 Å². The van der Waals surface area contributed by atoms with E-state index >= 15 is 0 Å². The number of nitrogens with one attached hydrogen (secondary N) is 2. The number of carbonyl (C=O) groups is 1. The normalized spacial score (nSPS) is 13.5. The fourth-order valence-corrected chi connectivity index (χ4v) is 5.63. The van der Waals surface area contributed by atoms with Gasteiger partial charge in [0.2, 0.25) is 0 Å². The number of fused-ring (bicyclic) bond motifs is 2. The molecule has 5 rings (SSSR count). The molecule has 0 spiro atoms. The molecular weight excluding hydrogens is 448 g/mol.